The number of rotatable bonds is 3. The van der Waals surface area contributed by atoms with Crippen molar-refractivity contribution in [1.29, 1.82) is 0 Å². The van der Waals surface area contributed by atoms with Gasteiger partial charge in [0.05, 0.1) is 23.4 Å². The van der Waals surface area contributed by atoms with Crippen molar-refractivity contribution in [3.8, 4) is 0 Å². The van der Waals surface area contributed by atoms with Gasteiger partial charge >= 0.3 is 0 Å². The van der Waals surface area contributed by atoms with E-state index in [-0.39, 0.29) is 18.0 Å². The van der Waals surface area contributed by atoms with Gasteiger partial charge in [0, 0.05) is 19.3 Å². The molecule has 0 bridgehead atoms. The molecule has 6 heteroatoms. The first-order valence-corrected chi connectivity index (χ1v) is 8.48. The van der Waals surface area contributed by atoms with Crippen LogP contribution >= 0.6 is 0 Å². The topological polar surface area (TPSA) is 69.6 Å². The lowest BCUT2D eigenvalue weighted by Crippen LogP contribution is -2.48. The summed E-state index contributed by atoms with van der Waals surface area (Å²) >= 11 is 0. The first kappa shape index (κ1) is 16.3. The lowest BCUT2D eigenvalue weighted by molar-refractivity contribution is 0.0295. The standard InChI is InChI=1S/C17H26N4O2/c1-11-13(10-18-12(2)19-11)17(23)20(3)14-6-7-15(16(14)22)21-8-4-5-9-21/h10,14-16,22H,4-9H2,1-3H3/t14-,15-,16-/m1/s1. The van der Waals surface area contributed by atoms with Gasteiger partial charge in [-0.2, -0.15) is 0 Å². The zero-order valence-corrected chi connectivity index (χ0v) is 14.2. The fourth-order valence-corrected chi connectivity index (χ4v) is 3.97. The normalized spacial score (nSPS) is 28.3. The van der Waals surface area contributed by atoms with Crippen molar-refractivity contribution in [2.24, 2.45) is 0 Å². The summed E-state index contributed by atoms with van der Waals surface area (Å²) in [5, 5.41) is 10.7. The van der Waals surface area contributed by atoms with Crippen molar-refractivity contribution in [3.05, 3.63) is 23.3 Å². The van der Waals surface area contributed by atoms with Crippen LogP contribution in [-0.4, -0.2) is 69.1 Å². The van der Waals surface area contributed by atoms with Crippen molar-refractivity contribution >= 4 is 5.91 Å². The van der Waals surface area contributed by atoms with Gasteiger partial charge in [-0.25, -0.2) is 9.97 Å². The van der Waals surface area contributed by atoms with Crippen LogP contribution in [0.2, 0.25) is 0 Å². The number of carbonyl (C=O) groups is 1. The highest BCUT2D eigenvalue weighted by atomic mass is 16.3. The molecular formula is C17H26N4O2. The summed E-state index contributed by atoms with van der Waals surface area (Å²) in [5.41, 5.74) is 1.22. The number of nitrogens with zero attached hydrogens (tertiary/aromatic N) is 4. The van der Waals surface area contributed by atoms with Crippen LogP contribution in [0.15, 0.2) is 6.20 Å². The number of hydrogen-bond donors (Lipinski definition) is 1. The first-order valence-electron chi connectivity index (χ1n) is 8.48. The predicted octanol–water partition coefficient (Wildman–Crippen LogP) is 1.15. The maximum absolute atomic E-state index is 12.8. The molecule has 0 spiro atoms. The molecule has 2 heterocycles. The Morgan fingerprint density at radius 3 is 2.65 bits per heavy atom. The van der Waals surface area contributed by atoms with E-state index in [1.54, 1.807) is 18.1 Å². The minimum Gasteiger partial charge on any atom is -0.389 e. The number of aliphatic hydroxyl groups is 1. The van der Waals surface area contributed by atoms with E-state index in [1.807, 2.05) is 13.8 Å². The van der Waals surface area contributed by atoms with Crippen LogP contribution in [-0.2, 0) is 0 Å². The average Bonchev–Trinajstić information content (AvgIpc) is 3.15. The Labute approximate surface area is 137 Å². The van der Waals surface area contributed by atoms with Crippen molar-refractivity contribution in [2.75, 3.05) is 20.1 Å². The fourth-order valence-electron chi connectivity index (χ4n) is 3.97. The van der Waals surface area contributed by atoms with E-state index in [0.717, 1.165) is 25.9 Å². The maximum atomic E-state index is 12.8. The Morgan fingerprint density at radius 2 is 2.00 bits per heavy atom. The summed E-state index contributed by atoms with van der Waals surface area (Å²) < 4.78 is 0. The third-order valence-electron chi connectivity index (χ3n) is 5.30. The minimum atomic E-state index is -0.478. The SMILES string of the molecule is Cc1ncc(C(=O)N(C)[C@@H]2CC[C@@H](N3CCCC3)[C@@H]2O)c(C)n1. The lowest BCUT2D eigenvalue weighted by Gasteiger charge is -2.32. The average molecular weight is 318 g/mol. The summed E-state index contributed by atoms with van der Waals surface area (Å²) in [6.45, 7) is 5.77. The Balaban J connectivity index is 1.72. The third kappa shape index (κ3) is 3.10. The monoisotopic (exact) mass is 318 g/mol. The second-order valence-corrected chi connectivity index (χ2v) is 6.78. The summed E-state index contributed by atoms with van der Waals surface area (Å²) in [6, 6.07) is 0.0573. The minimum absolute atomic E-state index is 0.103. The number of amides is 1. The molecule has 2 aliphatic rings. The molecule has 1 aliphatic carbocycles. The molecule has 1 aliphatic heterocycles. The molecule has 1 saturated carbocycles. The maximum Gasteiger partial charge on any atom is 0.257 e. The number of hydrogen-bond acceptors (Lipinski definition) is 5. The molecule has 3 rings (SSSR count). The second-order valence-electron chi connectivity index (χ2n) is 6.78. The summed E-state index contributed by atoms with van der Waals surface area (Å²) in [5.74, 6) is 0.560. The van der Waals surface area contributed by atoms with Gasteiger partial charge in [-0.3, -0.25) is 9.69 Å². The molecule has 0 aromatic carbocycles. The van der Waals surface area contributed by atoms with Gasteiger partial charge in [-0.15, -0.1) is 0 Å². The fraction of sp³-hybridized carbons (Fsp3) is 0.706. The zero-order chi connectivity index (χ0) is 16.6. The Bertz CT molecular complexity index is 586. The van der Waals surface area contributed by atoms with E-state index in [0.29, 0.717) is 17.1 Å². The predicted molar refractivity (Wildman–Crippen MR) is 87.2 cm³/mol. The Kier molecular flexibility index (Phi) is 4.64. The summed E-state index contributed by atoms with van der Waals surface area (Å²) in [4.78, 5) is 25.2. The first-order chi connectivity index (χ1) is 11.0. The van der Waals surface area contributed by atoms with Gasteiger partial charge in [0.1, 0.15) is 5.82 Å². The van der Waals surface area contributed by atoms with E-state index in [4.69, 9.17) is 0 Å². The zero-order valence-electron chi connectivity index (χ0n) is 14.2. The molecule has 23 heavy (non-hydrogen) atoms. The third-order valence-corrected chi connectivity index (χ3v) is 5.30. The molecule has 0 radical (unpaired) electrons. The summed E-state index contributed by atoms with van der Waals surface area (Å²) in [7, 11) is 1.78. The molecule has 3 atom stereocenters. The second kappa shape index (κ2) is 6.53. The molecule has 0 unspecified atom stereocenters. The van der Waals surface area contributed by atoms with Crippen molar-refractivity contribution in [3.63, 3.8) is 0 Å². The molecule has 6 nitrogen and oxygen atoms in total. The van der Waals surface area contributed by atoms with Crippen LogP contribution < -0.4 is 0 Å². The van der Waals surface area contributed by atoms with Crippen LogP contribution in [0.3, 0.4) is 0 Å². The number of likely N-dealkylation sites (tertiary alicyclic amines) is 1. The van der Waals surface area contributed by atoms with Crippen molar-refractivity contribution in [2.45, 2.75) is 57.7 Å². The molecule has 1 aromatic heterocycles. The summed E-state index contributed by atoms with van der Waals surface area (Å²) in [6.07, 6.45) is 5.33. The van der Waals surface area contributed by atoms with Crippen LogP contribution in [0, 0.1) is 13.8 Å². The van der Waals surface area contributed by atoms with Crippen LogP contribution in [0.4, 0.5) is 0 Å². The van der Waals surface area contributed by atoms with Gasteiger partial charge in [0.15, 0.2) is 0 Å². The number of likely N-dealkylation sites (N-methyl/N-ethyl adjacent to an activating group) is 1. The highest BCUT2D eigenvalue weighted by Gasteiger charge is 2.42. The van der Waals surface area contributed by atoms with E-state index in [2.05, 4.69) is 14.9 Å². The molecule has 1 saturated heterocycles. The van der Waals surface area contributed by atoms with E-state index >= 15 is 0 Å². The van der Waals surface area contributed by atoms with Gasteiger partial charge in [0.25, 0.3) is 5.91 Å². The highest BCUT2D eigenvalue weighted by molar-refractivity contribution is 5.95. The molecular weight excluding hydrogens is 292 g/mol. The molecule has 1 aromatic rings. The largest absolute Gasteiger partial charge is 0.389 e. The molecule has 1 N–H and O–H groups in total. The van der Waals surface area contributed by atoms with Gasteiger partial charge < -0.3 is 10.0 Å². The van der Waals surface area contributed by atoms with Crippen LogP contribution in [0.25, 0.3) is 0 Å². The quantitative estimate of drug-likeness (QED) is 0.905. The number of aliphatic hydroxyl groups excluding tert-OH is 1. The number of aromatic nitrogens is 2. The highest BCUT2D eigenvalue weighted by Crippen LogP contribution is 2.30. The lowest BCUT2D eigenvalue weighted by atomic mass is 10.1. The van der Waals surface area contributed by atoms with Gasteiger partial charge in [-0.1, -0.05) is 0 Å². The number of aryl methyl sites for hydroxylation is 2. The van der Waals surface area contributed by atoms with Gasteiger partial charge in [-0.05, 0) is 52.6 Å². The Hall–Kier alpha value is -1.53. The van der Waals surface area contributed by atoms with Gasteiger partial charge in [0.2, 0.25) is 0 Å². The van der Waals surface area contributed by atoms with E-state index in [9.17, 15) is 9.90 Å². The molecule has 126 valence electrons. The van der Waals surface area contributed by atoms with E-state index in [1.165, 1.54) is 12.8 Å². The van der Waals surface area contributed by atoms with Crippen LogP contribution in [0.5, 0.6) is 0 Å². The Morgan fingerprint density at radius 1 is 1.30 bits per heavy atom. The van der Waals surface area contributed by atoms with Crippen LogP contribution in [0.1, 0.15) is 47.6 Å². The molecule has 1 amide bonds. The van der Waals surface area contributed by atoms with E-state index < -0.39 is 6.10 Å². The van der Waals surface area contributed by atoms with Crippen molar-refractivity contribution in [1.82, 2.24) is 19.8 Å². The smallest absolute Gasteiger partial charge is 0.257 e. The van der Waals surface area contributed by atoms with Crippen molar-refractivity contribution < 1.29 is 9.90 Å². The number of carbonyl (C=O) groups excluding carboxylic acids is 1. The molecule has 2 fully saturated rings.